The molecule has 41 heavy (non-hydrogen) atoms. The molecule has 0 heterocycles. The van der Waals surface area contributed by atoms with Crippen LogP contribution in [0.25, 0.3) is 0 Å². The van der Waals surface area contributed by atoms with Crippen molar-refractivity contribution >= 4 is 23.3 Å². The molecule has 220 valence electrons. The molecule has 0 atom stereocenters. The first-order chi connectivity index (χ1) is 18.3. The fourth-order valence-corrected chi connectivity index (χ4v) is 1.66. The van der Waals surface area contributed by atoms with Crippen molar-refractivity contribution in [3.05, 3.63) is 118 Å². The van der Waals surface area contributed by atoms with Gasteiger partial charge >= 0.3 is 23.3 Å². The number of hydrogen-bond donors (Lipinski definition) is 0. The van der Waals surface area contributed by atoms with E-state index in [2.05, 4.69) is 11.3 Å². The molecule has 3 aromatic rings. The van der Waals surface area contributed by atoms with E-state index in [4.69, 9.17) is 0 Å². The Morgan fingerprint density at radius 1 is 0.488 bits per heavy atom. The Bertz CT molecular complexity index is 1170. The zero-order valence-corrected chi connectivity index (χ0v) is 20.9. The minimum atomic E-state index is -2.17. The van der Waals surface area contributed by atoms with Gasteiger partial charge in [-0.2, -0.15) is 0 Å². The molecular weight excluding hydrogens is 620 g/mol. The second-order valence-electron chi connectivity index (χ2n) is 6.36. The predicted molar refractivity (Wildman–Crippen MR) is 108 cm³/mol. The molecule has 0 aliphatic rings. The van der Waals surface area contributed by atoms with E-state index in [1.54, 1.807) is 6.92 Å². The summed E-state index contributed by atoms with van der Waals surface area (Å²) in [5, 5.41) is 0. The molecular formula is C23H8AlF15O2. The quantitative estimate of drug-likeness (QED) is 0.0558. The van der Waals surface area contributed by atoms with Gasteiger partial charge < -0.3 is 4.74 Å². The number of halogens is 15. The maximum atomic E-state index is 12.0. The van der Waals surface area contributed by atoms with Crippen LogP contribution < -0.4 is 0 Å². The van der Waals surface area contributed by atoms with Crippen LogP contribution in [0.1, 0.15) is 6.92 Å². The third-order valence-corrected chi connectivity index (χ3v) is 3.50. The van der Waals surface area contributed by atoms with Crippen molar-refractivity contribution in [1.82, 2.24) is 0 Å². The maximum Gasteiger partial charge on any atom is 3.00 e. The number of carbonyl (C=O) groups is 1. The summed E-state index contributed by atoms with van der Waals surface area (Å²) < 4.78 is 184. The molecule has 0 fully saturated rings. The summed E-state index contributed by atoms with van der Waals surface area (Å²) in [6.07, 6.45) is 0. The van der Waals surface area contributed by atoms with Crippen LogP contribution in [0.2, 0.25) is 0 Å². The van der Waals surface area contributed by atoms with Crippen LogP contribution >= 0.6 is 0 Å². The SMILES string of the molecule is C=C(C)C(=O)OC.Fc1[c-]c(F)c(F)c(F)c1F.Fc1[c-]c(F)c(F)c(F)c1F.Fc1[c-]c(F)c(F)c(F)c1F.[Al+3]. The first kappa shape index (κ1) is 39.5. The van der Waals surface area contributed by atoms with Gasteiger partial charge in [-0.1, -0.05) is 6.58 Å². The Kier molecular flexibility index (Phi) is 16.6. The van der Waals surface area contributed by atoms with Gasteiger partial charge in [0.1, 0.15) is 0 Å². The summed E-state index contributed by atoms with van der Waals surface area (Å²) in [5.74, 6) is -30.5. The van der Waals surface area contributed by atoms with Crippen molar-refractivity contribution in [3.63, 3.8) is 0 Å². The van der Waals surface area contributed by atoms with Gasteiger partial charge in [0.05, 0.1) is 94.4 Å². The zero-order valence-electron chi connectivity index (χ0n) is 19.8. The fourth-order valence-electron chi connectivity index (χ4n) is 1.66. The molecule has 3 rings (SSSR count). The van der Waals surface area contributed by atoms with Gasteiger partial charge in [0.2, 0.25) is 0 Å². The average molecular weight is 628 g/mol. The molecule has 0 bridgehead atoms. The van der Waals surface area contributed by atoms with Crippen molar-refractivity contribution in [2.45, 2.75) is 6.92 Å². The second-order valence-corrected chi connectivity index (χ2v) is 6.36. The minimum Gasteiger partial charge on any atom is -0.466 e. The van der Waals surface area contributed by atoms with Crippen LogP contribution in [0.5, 0.6) is 0 Å². The molecule has 0 aliphatic carbocycles. The third kappa shape index (κ3) is 11.0. The van der Waals surface area contributed by atoms with Gasteiger partial charge in [0.25, 0.3) is 0 Å². The van der Waals surface area contributed by atoms with Crippen LogP contribution in [-0.4, -0.2) is 30.4 Å². The summed E-state index contributed by atoms with van der Waals surface area (Å²) in [4.78, 5) is 10.2. The number of hydrogen-bond acceptors (Lipinski definition) is 2. The van der Waals surface area contributed by atoms with Gasteiger partial charge in [0, 0.05) is 5.57 Å². The number of esters is 1. The predicted octanol–water partition coefficient (Wildman–Crippen LogP) is 6.90. The molecule has 0 unspecified atom stereocenters. The normalized spacial score (nSPS) is 9.59. The standard InChI is InChI=1S/3C6F5.C5H8O2.Al/c3*7-2-1-3(8)5(10)6(11)4(2)9;1-4(2)5(6)7-3;/h;;;1H2,2-3H3;/q3*-1;;+3. The number of carbonyl (C=O) groups excluding carboxylic acids is 1. The Labute approximate surface area is 230 Å². The second kappa shape index (κ2) is 17.2. The van der Waals surface area contributed by atoms with E-state index in [1.165, 1.54) is 7.11 Å². The van der Waals surface area contributed by atoms with Crippen molar-refractivity contribution in [3.8, 4) is 0 Å². The van der Waals surface area contributed by atoms with Gasteiger partial charge in [-0.05, 0) is 6.92 Å². The Balaban J connectivity index is 0. The van der Waals surface area contributed by atoms with Gasteiger partial charge in [-0.3, -0.25) is 26.3 Å². The Hall–Kier alpha value is -3.65. The smallest absolute Gasteiger partial charge is 0.466 e. The summed E-state index contributed by atoms with van der Waals surface area (Å²) in [6.45, 7) is 4.95. The van der Waals surface area contributed by atoms with E-state index < -0.39 is 87.3 Å². The van der Waals surface area contributed by atoms with E-state index in [-0.39, 0.29) is 23.3 Å². The number of benzene rings is 3. The van der Waals surface area contributed by atoms with E-state index >= 15 is 0 Å². The molecule has 0 N–H and O–H groups in total. The van der Waals surface area contributed by atoms with E-state index in [0.717, 1.165) is 18.2 Å². The van der Waals surface area contributed by atoms with Crippen LogP contribution in [0.15, 0.2) is 12.2 Å². The first-order valence-corrected chi connectivity index (χ1v) is 9.25. The summed E-state index contributed by atoms with van der Waals surface area (Å²) in [7, 11) is 1.33. The molecule has 0 amide bonds. The summed E-state index contributed by atoms with van der Waals surface area (Å²) in [5.41, 5.74) is 0.433. The third-order valence-electron chi connectivity index (χ3n) is 3.50. The van der Waals surface area contributed by atoms with Gasteiger partial charge in [0.15, 0.2) is 0 Å². The number of methoxy groups -OCH3 is 1. The maximum absolute atomic E-state index is 12.0. The molecule has 0 aromatic heterocycles. The molecule has 0 radical (unpaired) electrons. The van der Waals surface area contributed by atoms with Crippen LogP contribution in [0.3, 0.4) is 0 Å². The Morgan fingerprint density at radius 2 is 0.659 bits per heavy atom. The molecule has 0 saturated heterocycles. The minimum absolute atomic E-state index is 0. The molecule has 0 spiro atoms. The zero-order chi connectivity index (χ0) is 31.6. The molecule has 18 heteroatoms. The monoisotopic (exact) mass is 628 g/mol. The first-order valence-electron chi connectivity index (χ1n) is 9.25. The Morgan fingerprint density at radius 3 is 0.756 bits per heavy atom. The number of ether oxygens (including phenoxy) is 1. The topological polar surface area (TPSA) is 26.3 Å². The summed E-state index contributed by atoms with van der Waals surface area (Å²) >= 11 is 0. The van der Waals surface area contributed by atoms with Crippen molar-refractivity contribution in [2.75, 3.05) is 7.11 Å². The van der Waals surface area contributed by atoms with Crippen LogP contribution in [0.4, 0.5) is 65.9 Å². The molecule has 3 aromatic carbocycles. The number of rotatable bonds is 1. The summed E-state index contributed by atoms with van der Waals surface area (Å²) in [6, 6.07) is 3.07. The van der Waals surface area contributed by atoms with Crippen molar-refractivity contribution in [2.24, 2.45) is 0 Å². The molecule has 0 saturated carbocycles. The molecule has 0 aliphatic heterocycles. The van der Waals surface area contributed by atoms with Gasteiger partial charge in [-0.15, -0.1) is 18.2 Å². The molecule has 2 nitrogen and oxygen atoms in total. The van der Waals surface area contributed by atoms with Gasteiger partial charge in [-0.25, -0.2) is 44.3 Å². The fraction of sp³-hybridized carbons (Fsp3) is 0.0870. The van der Waals surface area contributed by atoms with Crippen molar-refractivity contribution < 1.29 is 75.4 Å². The van der Waals surface area contributed by atoms with Crippen LogP contribution in [0, 0.1) is 105 Å². The van der Waals surface area contributed by atoms with Crippen molar-refractivity contribution in [1.29, 1.82) is 0 Å². The largest absolute Gasteiger partial charge is 3.00 e. The average Bonchev–Trinajstić information content (AvgIpc) is 2.91. The van der Waals surface area contributed by atoms with E-state index in [1.807, 2.05) is 0 Å². The van der Waals surface area contributed by atoms with Crippen LogP contribution in [-0.2, 0) is 9.53 Å². The van der Waals surface area contributed by atoms with E-state index in [9.17, 15) is 70.7 Å². The van der Waals surface area contributed by atoms with E-state index in [0.29, 0.717) is 5.57 Å².